The van der Waals surface area contributed by atoms with Gasteiger partial charge in [-0.05, 0) is 25.0 Å². The maximum absolute atomic E-state index is 12.9. The van der Waals surface area contributed by atoms with Crippen LogP contribution >= 0.6 is 0 Å². The van der Waals surface area contributed by atoms with E-state index in [0.29, 0.717) is 24.7 Å². The first-order valence-electron chi connectivity index (χ1n) is 9.32. The fraction of sp³-hybridized carbons (Fsp3) is 0.421. The van der Waals surface area contributed by atoms with E-state index in [2.05, 4.69) is 20.2 Å². The van der Waals surface area contributed by atoms with Crippen molar-refractivity contribution in [2.24, 2.45) is 0 Å². The Labute approximate surface area is 157 Å². The van der Waals surface area contributed by atoms with Crippen LogP contribution in [0.5, 0.6) is 0 Å². The highest BCUT2D eigenvalue weighted by Gasteiger charge is 2.30. The van der Waals surface area contributed by atoms with Gasteiger partial charge >= 0.3 is 0 Å². The van der Waals surface area contributed by atoms with Crippen LogP contribution in [0.15, 0.2) is 47.5 Å². The number of amides is 1. The number of carbonyl (C=O) groups is 1. The Bertz CT molecular complexity index is 861. The third kappa shape index (κ3) is 4.05. The Kier molecular flexibility index (Phi) is 5.22. The lowest BCUT2D eigenvalue weighted by molar-refractivity contribution is -0.134. The van der Waals surface area contributed by atoms with Gasteiger partial charge in [-0.15, -0.1) is 0 Å². The molecule has 0 radical (unpaired) electrons. The van der Waals surface area contributed by atoms with Gasteiger partial charge in [0.2, 0.25) is 5.91 Å². The van der Waals surface area contributed by atoms with Crippen molar-refractivity contribution >= 4 is 5.91 Å². The van der Waals surface area contributed by atoms with Crippen molar-refractivity contribution < 1.29 is 9.32 Å². The SMILES string of the molecule is O=C(CCn1cncn1)N1CCCCC[C@H]1c1noc(-c2ccccc2)n1. The van der Waals surface area contributed by atoms with E-state index in [1.165, 1.54) is 6.33 Å². The third-order valence-corrected chi connectivity index (χ3v) is 4.86. The van der Waals surface area contributed by atoms with Crippen molar-refractivity contribution in [2.75, 3.05) is 6.54 Å². The van der Waals surface area contributed by atoms with Crippen LogP contribution in [0.3, 0.4) is 0 Å². The zero-order valence-corrected chi connectivity index (χ0v) is 15.1. The number of benzene rings is 1. The van der Waals surface area contributed by atoms with Crippen LogP contribution in [0.25, 0.3) is 11.5 Å². The minimum atomic E-state index is -0.142. The average molecular weight is 366 g/mol. The van der Waals surface area contributed by atoms with Crippen LogP contribution in [0.4, 0.5) is 0 Å². The zero-order chi connectivity index (χ0) is 18.5. The Morgan fingerprint density at radius 1 is 1.19 bits per heavy atom. The van der Waals surface area contributed by atoms with Gasteiger partial charge in [0, 0.05) is 18.5 Å². The van der Waals surface area contributed by atoms with Crippen molar-refractivity contribution in [2.45, 2.75) is 44.7 Å². The molecule has 8 nitrogen and oxygen atoms in total. The second-order valence-corrected chi connectivity index (χ2v) is 6.68. The van der Waals surface area contributed by atoms with Gasteiger partial charge in [-0.1, -0.05) is 36.2 Å². The van der Waals surface area contributed by atoms with Gasteiger partial charge in [0.1, 0.15) is 12.7 Å². The normalized spacial score (nSPS) is 17.6. The molecule has 0 saturated carbocycles. The summed E-state index contributed by atoms with van der Waals surface area (Å²) < 4.78 is 7.14. The number of aromatic nitrogens is 5. The molecule has 1 amide bonds. The van der Waals surface area contributed by atoms with E-state index < -0.39 is 0 Å². The standard InChI is InChI=1S/C19H22N6O2/c26-17(10-12-24-14-20-13-21-24)25-11-6-2-5-9-16(25)18-22-19(27-23-18)15-7-3-1-4-8-15/h1,3-4,7-8,13-14,16H,2,5-6,9-12H2/t16-/m0/s1. The van der Waals surface area contributed by atoms with Gasteiger partial charge in [0.05, 0.1) is 12.6 Å². The summed E-state index contributed by atoms with van der Waals surface area (Å²) in [6.45, 7) is 1.24. The molecule has 1 aliphatic heterocycles. The Morgan fingerprint density at radius 2 is 2.07 bits per heavy atom. The number of aryl methyl sites for hydroxylation is 1. The first-order valence-corrected chi connectivity index (χ1v) is 9.32. The molecule has 1 atom stereocenters. The van der Waals surface area contributed by atoms with E-state index in [1.54, 1.807) is 11.0 Å². The Hall–Kier alpha value is -3.03. The van der Waals surface area contributed by atoms with Gasteiger partial charge in [-0.3, -0.25) is 9.48 Å². The molecule has 0 bridgehead atoms. The number of hydrogen-bond donors (Lipinski definition) is 0. The fourth-order valence-corrected chi connectivity index (χ4v) is 3.45. The summed E-state index contributed by atoms with van der Waals surface area (Å²) in [4.78, 5) is 23.3. The number of likely N-dealkylation sites (tertiary alicyclic amines) is 1. The predicted octanol–water partition coefficient (Wildman–Crippen LogP) is 2.86. The maximum Gasteiger partial charge on any atom is 0.257 e. The first-order chi connectivity index (χ1) is 13.3. The molecule has 1 saturated heterocycles. The largest absolute Gasteiger partial charge is 0.334 e. The molecule has 8 heteroatoms. The monoisotopic (exact) mass is 366 g/mol. The zero-order valence-electron chi connectivity index (χ0n) is 15.1. The minimum Gasteiger partial charge on any atom is -0.334 e. The summed E-state index contributed by atoms with van der Waals surface area (Å²) in [5.41, 5.74) is 0.883. The van der Waals surface area contributed by atoms with Gasteiger partial charge in [0.15, 0.2) is 5.82 Å². The molecular weight excluding hydrogens is 344 g/mol. The molecule has 0 unspecified atom stereocenters. The summed E-state index contributed by atoms with van der Waals surface area (Å²) in [7, 11) is 0. The Balaban J connectivity index is 1.51. The topological polar surface area (TPSA) is 89.9 Å². The smallest absolute Gasteiger partial charge is 0.257 e. The molecule has 1 aliphatic rings. The lowest BCUT2D eigenvalue weighted by Crippen LogP contribution is -2.35. The molecule has 0 aliphatic carbocycles. The minimum absolute atomic E-state index is 0.0865. The van der Waals surface area contributed by atoms with Crippen molar-refractivity contribution in [3.63, 3.8) is 0 Å². The van der Waals surface area contributed by atoms with Crippen LogP contribution in [0, 0.1) is 0 Å². The summed E-state index contributed by atoms with van der Waals surface area (Å²) >= 11 is 0. The van der Waals surface area contributed by atoms with Gasteiger partial charge in [-0.25, -0.2) is 4.98 Å². The van der Waals surface area contributed by atoms with Crippen molar-refractivity contribution in [1.82, 2.24) is 29.8 Å². The van der Waals surface area contributed by atoms with Gasteiger partial charge in [-0.2, -0.15) is 10.1 Å². The van der Waals surface area contributed by atoms with Crippen LogP contribution in [-0.4, -0.2) is 42.3 Å². The maximum atomic E-state index is 12.9. The summed E-state index contributed by atoms with van der Waals surface area (Å²) in [5.74, 6) is 1.16. The third-order valence-electron chi connectivity index (χ3n) is 4.86. The molecule has 0 spiro atoms. The fourth-order valence-electron chi connectivity index (χ4n) is 3.45. The van der Waals surface area contributed by atoms with E-state index in [0.717, 1.165) is 37.8 Å². The number of hydrogen-bond acceptors (Lipinski definition) is 6. The summed E-state index contributed by atoms with van der Waals surface area (Å²) in [6, 6.07) is 9.55. The first kappa shape index (κ1) is 17.4. The number of carbonyl (C=O) groups excluding carboxylic acids is 1. The van der Waals surface area contributed by atoms with E-state index in [9.17, 15) is 4.79 Å². The Morgan fingerprint density at radius 3 is 2.89 bits per heavy atom. The quantitative estimate of drug-likeness (QED) is 0.690. The molecule has 3 heterocycles. The molecule has 4 rings (SSSR count). The lowest BCUT2D eigenvalue weighted by atomic mass is 10.1. The molecule has 27 heavy (non-hydrogen) atoms. The molecular formula is C19H22N6O2. The predicted molar refractivity (Wildman–Crippen MR) is 97.3 cm³/mol. The highest BCUT2D eigenvalue weighted by atomic mass is 16.5. The molecule has 140 valence electrons. The van der Waals surface area contributed by atoms with Crippen LogP contribution in [0.2, 0.25) is 0 Å². The highest BCUT2D eigenvalue weighted by Crippen LogP contribution is 2.30. The van der Waals surface area contributed by atoms with E-state index in [4.69, 9.17) is 4.52 Å². The molecule has 1 fully saturated rings. The van der Waals surface area contributed by atoms with E-state index in [-0.39, 0.29) is 11.9 Å². The lowest BCUT2D eigenvalue weighted by Gasteiger charge is -2.27. The second-order valence-electron chi connectivity index (χ2n) is 6.68. The van der Waals surface area contributed by atoms with Crippen molar-refractivity contribution in [1.29, 1.82) is 0 Å². The van der Waals surface area contributed by atoms with Crippen LogP contribution in [-0.2, 0) is 11.3 Å². The average Bonchev–Trinajstić information content (AvgIpc) is 3.35. The molecule has 0 N–H and O–H groups in total. The molecule has 1 aromatic carbocycles. The van der Waals surface area contributed by atoms with E-state index in [1.807, 2.05) is 35.2 Å². The molecule has 2 aromatic heterocycles. The van der Waals surface area contributed by atoms with Crippen LogP contribution in [0.1, 0.15) is 44.0 Å². The van der Waals surface area contributed by atoms with Gasteiger partial charge < -0.3 is 9.42 Å². The van der Waals surface area contributed by atoms with Gasteiger partial charge in [0.25, 0.3) is 5.89 Å². The van der Waals surface area contributed by atoms with E-state index >= 15 is 0 Å². The number of rotatable bonds is 5. The van der Waals surface area contributed by atoms with Crippen LogP contribution < -0.4 is 0 Å². The second kappa shape index (κ2) is 8.11. The number of nitrogens with zero attached hydrogens (tertiary/aromatic N) is 6. The molecule has 3 aromatic rings. The summed E-state index contributed by atoms with van der Waals surface area (Å²) in [6.07, 6.45) is 7.47. The van der Waals surface area contributed by atoms with Crippen molar-refractivity contribution in [3.8, 4) is 11.5 Å². The highest BCUT2D eigenvalue weighted by molar-refractivity contribution is 5.76. The summed E-state index contributed by atoms with van der Waals surface area (Å²) in [5, 5.41) is 8.25. The van der Waals surface area contributed by atoms with Crippen molar-refractivity contribution in [3.05, 3.63) is 48.8 Å².